The van der Waals surface area contributed by atoms with Crippen molar-refractivity contribution in [2.24, 2.45) is 5.92 Å². The van der Waals surface area contributed by atoms with Crippen LogP contribution in [0.5, 0.6) is 0 Å². The van der Waals surface area contributed by atoms with Gasteiger partial charge in [0.25, 0.3) is 0 Å². The Morgan fingerprint density at radius 2 is 2.21 bits per heavy atom. The number of halogens is 3. The van der Waals surface area contributed by atoms with Gasteiger partial charge in [-0.25, -0.2) is 0 Å². The lowest BCUT2D eigenvalue weighted by Gasteiger charge is -2.30. The van der Waals surface area contributed by atoms with Gasteiger partial charge in [-0.05, 0) is 25.8 Å². The normalized spacial score (nSPS) is 26.1. The summed E-state index contributed by atoms with van der Waals surface area (Å²) < 4.78 is 41.7. The molecular formula is C9H16F3NO. The molecule has 1 heterocycles. The molecule has 1 aliphatic heterocycles. The number of nitrogens with one attached hydrogen (secondary N) is 1. The molecule has 84 valence electrons. The lowest BCUT2D eigenvalue weighted by molar-refractivity contribution is -0.145. The van der Waals surface area contributed by atoms with Crippen molar-refractivity contribution in [1.82, 2.24) is 5.32 Å². The molecule has 0 aromatic rings. The molecule has 1 fully saturated rings. The molecule has 14 heavy (non-hydrogen) atoms. The molecule has 0 radical (unpaired) electrons. The molecule has 0 aromatic heterocycles. The summed E-state index contributed by atoms with van der Waals surface area (Å²) in [7, 11) is 1.57. The maximum Gasteiger partial charge on any atom is 0.390 e. The number of hydrogen-bond acceptors (Lipinski definition) is 2. The molecule has 0 aliphatic carbocycles. The molecule has 0 bridgehead atoms. The van der Waals surface area contributed by atoms with E-state index >= 15 is 0 Å². The zero-order valence-corrected chi connectivity index (χ0v) is 8.23. The van der Waals surface area contributed by atoms with Crippen molar-refractivity contribution in [1.29, 1.82) is 0 Å². The molecule has 2 atom stereocenters. The van der Waals surface area contributed by atoms with Crippen LogP contribution < -0.4 is 5.32 Å². The standard InChI is InChI=1S/C9H16F3NO/c1-13-8(5-9(10,11)12)7-3-2-4-14-6-7/h7-8,13H,2-6H2,1H3. The van der Waals surface area contributed by atoms with Crippen molar-refractivity contribution >= 4 is 0 Å². The van der Waals surface area contributed by atoms with Crippen LogP contribution >= 0.6 is 0 Å². The minimum Gasteiger partial charge on any atom is -0.381 e. The largest absolute Gasteiger partial charge is 0.390 e. The van der Waals surface area contributed by atoms with E-state index in [0.717, 1.165) is 12.8 Å². The molecule has 2 nitrogen and oxygen atoms in total. The predicted molar refractivity (Wildman–Crippen MR) is 47.1 cm³/mol. The topological polar surface area (TPSA) is 21.3 Å². The molecule has 1 N–H and O–H groups in total. The van der Waals surface area contributed by atoms with E-state index in [4.69, 9.17) is 4.74 Å². The first-order chi connectivity index (χ1) is 6.53. The van der Waals surface area contributed by atoms with E-state index in [1.807, 2.05) is 0 Å². The van der Waals surface area contributed by atoms with Gasteiger partial charge in [0.15, 0.2) is 0 Å². The number of rotatable bonds is 3. The van der Waals surface area contributed by atoms with Crippen molar-refractivity contribution in [3.05, 3.63) is 0 Å². The molecule has 0 spiro atoms. The average molecular weight is 211 g/mol. The lowest BCUT2D eigenvalue weighted by Crippen LogP contribution is -2.41. The van der Waals surface area contributed by atoms with E-state index in [1.54, 1.807) is 7.05 Å². The molecular weight excluding hydrogens is 195 g/mol. The number of hydrogen-bond donors (Lipinski definition) is 1. The van der Waals surface area contributed by atoms with Gasteiger partial charge in [-0.1, -0.05) is 0 Å². The Hall–Kier alpha value is -0.290. The highest BCUT2D eigenvalue weighted by Crippen LogP contribution is 2.27. The van der Waals surface area contributed by atoms with E-state index in [2.05, 4.69) is 5.32 Å². The maximum absolute atomic E-state index is 12.2. The van der Waals surface area contributed by atoms with E-state index < -0.39 is 18.6 Å². The second-order valence-corrected chi connectivity index (χ2v) is 3.69. The van der Waals surface area contributed by atoms with Crippen LogP contribution in [0.15, 0.2) is 0 Å². The first-order valence-electron chi connectivity index (χ1n) is 4.84. The Morgan fingerprint density at radius 3 is 2.64 bits per heavy atom. The van der Waals surface area contributed by atoms with Gasteiger partial charge in [0.05, 0.1) is 13.0 Å². The SMILES string of the molecule is CNC(CC(F)(F)F)C1CCCOC1. The van der Waals surface area contributed by atoms with E-state index in [0.29, 0.717) is 13.2 Å². The van der Waals surface area contributed by atoms with Crippen molar-refractivity contribution in [2.45, 2.75) is 31.5 Å². The maximum atomic E-state index is 12.2. The minimum absolute atomic E-state index is 0.00428. The third-order valence-electron chi connectivity index (χ3n) is 2.59. The molecule has 0 saturated carbocycles. The highest BCUT2D eigenvalue weighted by Gasteiger charge is 2.35. The van der Waals surface area contributed by atoms with E-state index in [1.165, 1.54) is 0 Å². The van der Waals surface area contributed by atoms with Gasteiger partial charge in [0.2, 0.25) is 0 Å². The molecule has 0 aromatic carbocycles. The van der Waals surface area contributed by atoms with E-state index in [9.17, 15) is 13.2 Å². The fourth-order valence-corrected chi connectivity index (χ4v) is 1.84. The molecule has 2 unspecified atom stereocenters. The summed E-state index contributed by atoms with van der Waals surface area (Å²) in [5.74, 6) is -0.00428. The smallest absolute Gasteiger partial charge is 0.381 e. The quantitative estimate of drug-likeness (QED) is 0.770. The summed E-state index contributed by atoms with van der Waals surface area (Å²) in [5, 5.41) is 2.73. The van der Waals surface area contributed by atoms with Crippen LogP contribution in [0.4, 0.5) is 13.2 Å². The molecule has 1 aliphatic rings. The third-order valence-corrected chi connectivity index (χ3v) is 2.59. The summed E-state index contributed by atoms with van der Waals surface area (Å²) in [6.45, 7) is 1.13. The fraction of sp³-hybridized carbons (Fsp3) is 1.00. The van der Waals surface area contributed by atoms with Crippen molar-refractivity contribution in [3.8, 4) is 0 Å². The van der Waals surface area contributed by atoms with Crippen molar-refractivity contribution in [2.75, 3.05) is 20.3 Å². The summed E-state index contributed by atoms with van der Waals surface area (Å²) in [6, 6.07) is -0.504. The van der Waals surface area contributed by atoms with Gasteiger partial charge < -0.3 is 10.1 Å². The Kier molecular flexibility index (Phi) is 4.19. The van der Waals surface area contributed by atoms with Gasteiger partial charge in [-0.2, -0.15) is 13.2 Å². The van der Waals surface area contributed by atoms with Crippen LogP contribution in [0.3, 0.4) is 0 Å². The van der Waals surface area contributed by atoms with Gasteiger partial charge in [-0.3, -0.25) is 0 Å². The van der Waals surface area contributed by atoms with Crippen LogP contribution in [-0.2, 0) is 4.74 Å². The third kappa shape index (κ3) is 3.84. The van der Waals surface area contributed by atoms with Crippen LogP contribution in [0.2, 0.25) is 0 Å². The number of alkyl halides is 3. The lowest BCUT2D eigenvalue weighted by atomic mass is 9.91. The first-order valence-corrected chi connectivity index (χ1v) is 4.84. The summed E-state index contributed by atoms with van der Waals surface area (Å²) in [4.78, 5) is 0. The van der Waals surface area contributed by atoms with E-state index in [-0.39, 0.29) is 5.92 Å². The minimum atomic E-state index is -4.09. The van der Waals surface area contributed by atoms with Gasteiger partial charge >= 0.3 is 6.18 Å². The van der Waals surface area contributed by atoms with Gasteiger partial charge in [0, 0.05) is 12.6 Å². The monoisotopic (exact) mass is 211 g/mol. The Bertz CT molecular complexity index is 166. The second-order valence-electron chi connectivity index (χ2n) is 3.69. The second kappa shape index (κ2) is 4.98. The first kappa shape index (κ1) is 11.8. The van der Waals surface area contributed by atoms with Crippen LogP contribution in [0.25, 0.3) is 0 Å². The zero-order valence-electron chi connectivity index (χ0n) is 8.23. The van der Waals surface area contributed by atoms with Crippen molar-refractivity contribution < 1.29 is 17.9 Å². The molecule has 5 heteroatoms. The van der Waals surface area contributed by atoms with Crippen LogP contribution in [-0.4, -0.2) is 32.5 Å². The highest BCUT2D eigenvalue weighted by atomic mass is 19.4. The van der Waals surface area contributed by atoms with Crippen LogP contribution in [0, 0.1) is 5.92 Å². The summed E-state index contributed by atoms with van der Waals surface area (Å²) in [5.41, 5.74) is 0. The van der Waals surface area contributed by atoms with Crippen molar-refractivity contribution in [3.63, 3.8) is 0 Å². The van der Waals surface area contributed by atoms with Crippen LogP contribution in [0.1, 0.15) is 19.3 Å². The number of ether oxygens (including phenoxy) is 1. The molecule has 0 amide bonds. The predicted octanol–water partition coefficient (Wildman–Crippen LogP) is 1.95. The highest BCUT2D eigenvalue weighted by molar-refractivity contribution is 4.79. The fourth-order valence-electron chi connectivity index (χ4n) is 1.84. The van der Waals surface area contributed by atoms with Gasteiger partial charge in [0.1, 0.15) is 0 Å². The Morgan fingerprint density at radius 1 is 1.50 bits per heavy atom. The average Bonchev–Trinajstić information content (AvgIpc) is 2.14. The molecule has 1 rings (SSSR count). The summed E-state index contributed by atoms with van der Waals surface area (Å²) >= 11 is 0. The zero-order chi connectivity index (χ0) is 10.6. The molecule has 1 saturated heterocycles. The summed E-state index contributed by atoms with van der Waals surface area (Å²) in [6.07, 6.45) is -3.18. The Balaban J connectivity index is 2.43. The van der Waals surface area contributed by atoms with Gasteiger partial charge in [-0.15, -0.1) is 0 Å². The Labute approximate surface area is 81.8 Å².